The minimum Gasteiger partial charge on any atom is -0.103 e. The molecule has 0 spiro atoms. The van der Waals surface area contributed by atoms with Gasteiger partial charge in [-0.15, -0.1) is 11.8 Å². The molecule has 0 aliphatic rings. The Morgan fingerprint density at radius 2 is 1.57 bits per heavy atom. The highest BCUT2D eigenvalue weighted by Crippen LogP contribution is 2.25. The highest BCUT2D eigenvalue weighted by Gasteiger charge is 2.10. The highest BCUT2D eigenvalue weighted by atomic mass is 32.2. The van der Waals surface area contributed by atoms with E-state index in [1.165, 1.54) is 28.9 Å². The molecule has 0 radical (unpaired) electrons. The molecule has 132 valence electrons. The van der Waals surface area contributed by atoms with Gasteiger partial charge in [0.25, 0.3) is 0 Å². The largest absolute Gasteiger partial charge is 0.103 e. The monoisotopic (exact) mass is 334 g/mol. The molecule has 0 aliphatic carbocycles. The maximum atomic E-state index is 2.24. The zero-order valence-electron chi connectivity index (χ0n) is 16.9. The van der Waals surface area contributed by atoms with Crippen LogP contribution in [0, 0.1) is 5.41 Å². The SMILES string of the molecule is C/C=C/S/C(C)=C/C=C(\C)C(C)(C)C.C/C=C\C(=C/C)CCC. The normalized spacial score (nSPS) is 14.4. The van der Waals surface area contributed by atoms with Gasteiger partial charge < -0.3 is 0 Å². The van der Waals surface area contributed by atoms with Crippen molar-refractivity contribution in [2.45, 2.75) is 75.2 Å². The molecule has 0 atom stereocenters. The van der Waals surface area contributed by atoms with Crippen LogP contribution < -0.4 is 0 Å². The zero-order chi connectivity index (χ0) is 18.3. The van der Waals surface area contributed by atoms with Gasteiger partial charge in [0.15, 0.2) is 0 Å². The lowest BCUT2D eigenvalue weighted by atomic mass is 9.87. The fraction of sp³-hybridized carbons (Fsp3) is 0.545. The maximum absolute atomic E-state index is 2.24. The average molecular weight is 335 g/mol. The third-order valence-electron chi connectivity index (χ3n) is 3.43. The first-order valence-corrected chi connectivity index (χ1v) is 9.52. The van der Waals surface area contributed by atoms with E-state index >= 15 is 0 Å². The Morgan fingerprint density at radius 3 is 1.96 bits per heavy atom. The van der Waals surface area contributed by atoms with Gasteiger partial charge in [-0.3, -0.25) is 0 Å². The third kappa shape index (κ3) is 15.7. The fourth-order valence-corrected chi connectivity index (χ4v) is 2.03. The van der Waals surface area contributed by atoms with Crippen molar-refractivity contribution < 1.29 is 0 Å². The molecule has 0 bridgehead atoms. The van der Waals surface area contributed by atoms with Crippen LogP contribution in [0.5, 0.6) is 0 Å². The molecule has 0 amide bonds. The van der Waals surface area contributed by atoms with Crippen molar-refractivity contribution >= 4 is 11.8 Å². The van der Waals surface area contributed by atoms with Crippen LogP contribution in [0.25, 0.3) is 0 Å². The highest BCUT2D eigenvalue weighted by molar-refractivity contribution is 8.05. The summed E-state index contributed by atoms with van der Waals surface area (Å²) >= 11 is 1.76. The Labute approximate surface area is 150 Å². The van der Waals surface area contributed by atoms with Gasteiger partial charge in [0.2, 0.25) is 0 Å². The summed E-state index contributed by atoms with van der Waals surface area (Å²) in [5.41, 5.74) is 3.14. The van der Waals surface area contributed by atoms with E-state index in [4.69, 9.17) is 0 Å². The van der Waals surface area contributed by atoms with Gasteiger partial charge in [-0.25, -0.2) is 0 Å². The van der Waals surface area contributed by atoms with E-state index in [0.717, 1.165) is 0 Å². The molecule has 0 rings (SSSR count). The van der Waals surface area contributed by atoms with E-state index in [1.54, 1.807) is 11.8 Å². The lowest BCUT2D eigenvalue weighted by molar-refractivity contribution is 0.504. The second kappa shape index (κ2) is 14.6. The first kappa shape index (κ1) is 24.3. The summed E-state index contributed by atoms with van der Waals surface area (Å²) in [6, 6.07) is 0. The van der Waals surface area contributed by atoms with Crippen LogP contribution >= 0.6 is 11.8 Å². The summed E-state index contributed by atoms with van der Waals surface area (Å²) in [5.74, 6) is 0. The summed E-state index contributed by atoms with van der Waals surface area (Å²) in [6.07, 6.45) is 15.3. The van der Waals surface area contributed by atoms with Crippen LogP contribution in [-0.4, -0.2) is 0 Å². The smallest absolute Gasteiger partial charge is 0.0140 e. The Kier molecular flexibility index (Phi) is 15.5. The Hall–Kier alpha value is -0.950. The lowest BCUT2D eigenvalue weighted by Crippen LogP contribution is -2.05. The minimum atomic E-state index is 0.280. The van der Waals surface area contributed by atoms with E-state index < -0.39 is 0 Å². The summed E-state index contributed by atoms with van der Waals surface area (Å²) in [6.45, 7) is 19.4. The molecule has 0 saturated carbocycles. The summed E-state index contributed by atoms with van der Waals surface area (Å²) in [5, 5.41) is 2.10. The number of allylic oxidation sites excluding steroid dienone is 9. The fourth-order valence-electron chi connectivity index (χ4n) is 1.53. The van der Waals surface area contributed by atoms with Crippen molar-refractivity contribution in [2.24, 2.45) is 5.41 Å². The van der Waals surface area contributed by atoms with Gasteiger partial charge >= 0.3 is 0 Å². The van der Waals surface area contributed by atoms with Crippen molar-refractivity contribution in [3.63, 3.8) is 0 Å². The predicted molar refractivity (Wildman–Crippen MR) is 113 cm³/mol. The van der Waals surface area contributed by atoms with Crippen molar-refractivity contribution in [1.29, 1.82) is 0 Å². The summed E-state index contributed by atoms with van der Waals surface area (Å²) in [7, 11) is 0. The second-order valence-electron chi connectivity index (χ2n) is 6.58. The molecule has 0 aromatic heterocycles. The zero-order valence-corrected chi connectivity index (χ0v) is 17.7. The molecule has 0 aliphatic heterocycles. The first-order valence-electron chi connectivity index (χ1n) is 8.64. The van der Waals surface area contributed by atoms with Crippen molar-refractivity contribution in [2.75, 3.05) is 0 Å². The van der Waals surface area contributed by atoms with Crippen molar-refractivity contribution in [1.82, 2.24) is 0 Å². The standard InChI is InChI=1S/C13H22S.C9H16/c1-7-10-14-12(3)9-8-11(2)13(4,5)6;1-4-7-9(6-3)8-5-2/h7-10H,1-6H3;4,6-7H,5,8H2,1-3H3/b10-7+,11-8+,12-9+;7-4-,9-6+. The molecule has 0 nitrogen and oxygen atoms in total. The first-order chi connectivity index (χ1) is 10.7. The molecule has 1 heteroatoms. The number of hydrogen-bond acceptors (Lipinski definition) is 1. The Balaban J connectivity index is 0. The molecule has 0 N–H and O–H groups in total. The molecule has 0 aromatic rings. The second-order valence-corrected chi connectivity index (χ2v) is 7.73. The predicted octanol–water partition coefficient (Wildman–Crippen LogP) is 8.46. The quantitative estimate of drug-likeness (QED) is 0.439. The third-order valence-corrected chi connectivity index (χ3v) is 4.35. The van der Waals surface area contributed by atoms with Crippen LogP contribution in [-0.2, 0) is 0 Å². The summed E-state index contributed by atoms with van der Waals surface area (Å²) in [4.78, 5) is 1.33. The molecule has 0 unspecified atom stereocenters. The van der Waals surface area contributed by atoms with Crippen LogP contribution in [0.15, 0.2) is 57.9 Å². The number of hydrogen-bond donors (Lipinski definition) is 0. The van der Waals surface area contributed by atoms with Gasteiger partial charge in [-0.05, 0) is 56.8 Å². The molecular weight excluding hydrogens is 296 g/mol. The topological polar surface area (TPSA) is 0 Å². The van der Waals surface area contributed by atoms with Gasteiger partial charge in [0.05, 0.1) is 0 Å². The van der Waals surface area contributed by atoms with E-state index in [-0.39, 0.29) is 5.41 Å². The Bertz CT molecular complexity index is 437. The minimum absolute atomic E-state index is 0.280. The maximum Gasteiger partial charge on any atom is -0.0140 e. The average Bonchev–Trinajstić information content (AvgIpc) is 2.49. The van der Waals surface area contributed by atoms with E-state index in [1.807, 2.05) is 6.92 Å². The van der Waals surface area contributed by atoms with Crippen molar-refractivity contribution in [3.8, 4) is 0 Å². The molecular formula is C22H38S. The van der Waals surface area contributed by atoms with Gasteiger partial charge in [0, 0.05) is 0 Å². The molecule has 23 heavy (non-hydrogen) atoms. The van der Waals surface area contributed by atoms with Crippen LogP contribution in [0.2, 0.25) is 0 Å². The van der Waals surface area contributed by atoms with E-state index in [0.29, 0.717) is 0 Å². The molecule has 0 aromatic carbocycles. The molecule has 0 fully saturated rings. The molecule has 0 saturated heterocycles. The number of thioether (sulfide) groups is 1. The van der Waals surface area contributed by atoms with Crippen LogP contribution in [0.1, 0.15) is 75.2 Å². The van der Waals surface area contributed by atoms with E-state index in [9.17, 15) is 0 Å². The Morgan fingerprint density at radius 1 is 0.957 bits per heavy atom. The van der Waals surface area contributed by atoms with Gasteiger partial charge in [0.1, 0.15) is 0 Å². The van der Waals surface area contributed by atoms with Gasteiger partial charge in [-0.2, -0.15) is 0 Å². The van der Waals surface area contributed by atoms with Crippen molar-refractivity contribution in [3.05, 3.63) is 57.9 Å². The van der Waals surface area contributed by atoms with Crippen LogP contribution in [0.3, 0.4) is 0 Å². The van der Waals surface area contributed by atoms with Gasteiger partial charge in [-0.1, -0.05) is 81.7 Å². The summed E-state index contributed by atoms with van der Waals surface area (Å²) < 4.78 is 0. The lowest BCUT2D eigenvalue weighted by Gasteiger charge is -2.18. The van der Waals surface area contributed by atoms with E-state index in [2.05, 4.69) is 97.3 Å². The van der Waals surface area contributed by atoms with Crippen LogP contribution in [0.4, 0.5) is 0 Å². The molecule has 0 heterocycles. The number of rotatable bonds is 6.